The Morgan fingerprint density at radius 3 is 2.64 bits per heavy atom. The number of nitrogens with two attached hydrogens (primary N) is 1. The molecular formula is C10H13ClFNS. The number of thioether (sulfide) groups is 1. The van der Waals surface area contributed by atoms with Crippen molar-refractivity contribution in [3.05, 3.63) is 29.0 Å². The maximum absolute atomic E-state index is 12.8. The molecule has 0 fully saturated rings. The second-order valence-corrected chi connectivity index (χ2v) is 5.83. The number of halogens is 2. The van der Waals surface area contributed by atoms with E-state index < -0.39 is 0 Å². The molecule has 0 amide bonds. The molecule has 0 heterocycles. The first-order valence-electron chi connectivity index (χ1n) is 4.29. The summed E-state index contributed by atoms with van der Waals surface area (Å²) in [6, 6.07) is 4.71. The molecule has 0 atom stereocenters. The molecule has 0 unspecified atom stereocenters. The summed E-state index contributed by atoms with van der Waals surface area (Å²) in [4.78, 5) is 0.937. The summed E-state index contributed by atoms with van der Waals surface area (Å²) in [7, 11) is 0. The van der Waals surface area contributed by atoms with E-state index in [0.29, 0.717) is 6.54 Å². The van der Waals surface area contributed by atoms with Crippen molar-refractivity contribution < 1.29 is 4.39 Å². The Labute approximate surface area is 92.8 Å². The summed E-state index contributed by atoms with van der Waals surface area (Å²) in [6.07, 6.45) is 0. The molecule has 0 radical (unpaired) electrons. The molecule has 2 N–H and O–H groups in total. The van der Waals surface area contributed by atoms with Gasteiger partial charge in [-0.3, -0.25) is 0 Å². The highest BCUT2D eigenvalue weighted by Gasteiger charge is 2.17. The summed E-state index contributed by atoms with van der Waals surface area (Å²) >= 11 is 7.26. The molecule has 14 heavy (non-hydrogen) atoms. The van der Waals surface area contributed by atoms with Crippen molar-refractivity contribution in [1.82, 2.24) is 0 Å². The molecule has 0 aliphatic heterocycles. The highest BCUT2D eigenvalue weighted by molar-refractivity contribution is 8.00. The minimum absolute atomic E-state index is 0.0544. The van der Waals surface area contributed by atoms with Gasteiger partial charge in [0.05, 0.1) is 5.02 Å². The van der Waals surface area contributed by atoms with Crippen LogP contribution in [0.25, 0.3) is 0 Å². The predicted octanol–water partition coefficient (Wildman–Crippen LogP) is 3.31. The van der Waals surface area contributed by atoms with Crippen molar-refractivity contribution in [2.24, 2.45) is 5.73 Å². The standard InChI is InChI=1S/C10H13ClFNS/c1-10(2,6-13)14-7-3-4-9(12)8(11)5-7/h3-5H,6,13H2,1-2H3. The van der Waals surface area contributed by atoms with Crippen LogP contribution in [0.5, 0.6) is 0 Å². The van der Waals surface area contributed by atoms with Crippen LogP contribution in [-0.4, -0.2) is 11.3 Å². The fourth-order valence-corrected chi connectivity index (χ4v) is 2.18. The third kappa shape index (κ3) is 3.15. The van der Waals surface area contributed by atoms with E-state index in [4.69, 9.17) is 17.3 Å². The van der Waals surface area contributed by atoms with Crippen LogP contribution in [0.1, 0.15) is 13.8 Å². The van der Waals surface area contributed by atoms with Gasteiger partial charge in [-0.15, -0.1) is 11.8 Å². The Kier molecular flexibility index (Phi) is 3.81. The number of benzene rings is 1. The maximum Gasteiger partial charge on any atom is 0.141 e. The van der Waals surface area contributed by atoms with Gasteiger partial charge in [0.1, 0.15) is 5.82 Å². The Morgan fingerprint density at radius 2 is 2.14 bits per heavy atom. The molecule has 1 aromatic carbocycles. The van der Waals surface area contributed by atoms with Crippen LogP contribution < -0.4 is 5.73 Å². The quantitative estimate of drug-likeness (QED) is 0.811. The van der Waals surface area contributed by atoms with Crippen molar-refractivity contribution >= 4 is 23.4 Å². The second-order valence-electron chi connectivity index (χ2n) is 3.64. The summed E-state index contributed by atoms with van der Waals surface area (Å²) in [5.74, 6) is -0.387. The van der Waals surface area contributed by atoms with Crippen LogP contribution in [0.4, 0.5) is 4.39 Å². The monoisotopic (exact) mass is 233 g/mol. The van der Waals surface area contributed by atoms with Crippen molar-refractivity contribution in [2.45, 2.75) is 23.5 Å². The van der Waals surface area contributed by atoms with Crippen molar-refractivity contribution in [3.63, 3.8) is 0 Å². The molecule has 1 rings (SSSR count). The highest BCUT2D eigenvalue weighted by Crippen LogP contribution is 2.33. The lowest BCUT2D eigenvalue weighted by molar-refractivity contribution is 0.627. The van der Waals surface area contributed by atoms with Crippen LogP contribution in [0.2, 0.25) is 5.02 Å². The Hall–Kier alpha value is -0.250. The molecule has 78 valence electrons. The van der Waals surface area contributed by atoms with Gasteiger partial charge >= 0.3 is 0 Å². The molecule has 0 saturated carbocycles. The summed E-state index contributed by atoms with van der Waals surface area (Å²) in [5.41, 5.74) is 5.59. The zero-order valence-corrected chi connectivity index (χ0v) is 9.75. The average Bonchev–Trinajstić information content (AvgIpc) is 2.11. The molecule has 0 spiro atoms. The Bertz CT molecular complexity index is 328. The van der Waals surface area contributed by atoms with Gasteiger partial charge in [0.15, 0.2) is 0 Å². The zero-order chi connectivity index (χ0) is 10.8. The van der Waals surface area contributed by atoms with E-state index in [0.717, 1.165) is 4.90 Å². The minimum Gasteiger partial charge on any atom is -0.329 e. The van der Waals surface area contributed by atoms with E-state index in [1.807, 2.05) is 13.8 Å². The number of rotatable bonds is 3. The van der Waals surface area contributed by atoms with Gasteiger partial charge in [-0.1, -0.05) is 11.6 Å². The van der Waals surface area contributed by atoms with Gasteiger partial charge < -0.3 is 5.73 Å². The summed E-state index contributed by atoms with van der Waals surface area (Å²) in [6.45, 7) is 4.64. The van der Waals surface area contributed by atoms with Gasteiger partial charge in [-0.2, -0.15) is 0 Å². The van der Waals surface area contributed by atoms with Crippen LogP contribution in [0.15, 0.2) is 23.1 Å². The summed E-state index contributed by atoms with van der Waals surface area (Å²) in [5, 5.41) is 0.155. The lowest BCUT2D eigenvalue weighted by atomic mass is 10.2. The van der Waals surface area contributed by atoms with E-state index in [1.165, 1.54) is 6.07 Å². The van der Waals surface area contributed by atoms with Crippen LogP contribution in [0, 0.1) is 5.82 Å². The molecule has 4 heteroatoms. The average molecular weight is 234 g/mol. The molecule has 0 aliphatic rings. The molecule has 0 bridgehead atoms. The van der Waals surface area contributed by atoms with E-state index >= 15 is 0 Å². The van der Waals surface area contributed by atoms with Gasteiger partial charge in [0.25, 0.3) is 0 Å². The van der Waals surface area contributed by atoms with Crippen molar-refractivity contribution in [2.75, 3.05) is 6.54 Å². The molecule has 0 saturated heterocycles. The van der Waals surface area contributed by atoms with Gasteiger partial charge in [-0.05, 0) is 32.0 Å². The minimum atomic E-state index is -0.387. The first-order valence-corrected chi connectivity index (χ1v) is 5.48. The van der Waals surface area contributed by atoms with Crippen molar-refractivity contribution in [1.29, 1.82) is 0 Å². The number of hydrogen-bond acceptors (Lipinski definition) is 2. The molecular weight excluding hydrogens is 221 g/mol. The van der Waals surface area contributed by atoms with Gasteiger partial charge in [0.2, 0.25) is 0 Å². The Balaban J connectivity index is 2.83. The maximum atomic E-state index is 12.8. The second kappa shape index (κ2) is 4.51. The molecule has 1 aromatic rings. The first kappa shape index (κ1) is 11.8. The van der Waals surface area contributed by atoms with E-state index in [1.54, 1.807) is 23.9 Å². The van der Waals surface area contributed by atoms with Crippen LogP contribution >= 0.6 is 23.4 Å². The SMILES string of the molecule is CC(C)(CN)Sc1ccc(F)c(Cl)c1. The highest BCUT2D eigenvalue weighted by atomic mass is 35.5. The van der Waals surface area contributed by atoms with Crippen LogP contribution in [-0.2, 0) is 0 Å². The predicted molar refractivity (Wildman–Crippen MR) is 60.4 cm³/mol. The summed E-state index contributed by atoms with van der Waals surface area (Å²) < 4.78 is 12.8. The molecule has 0 aromatic heterocycles. The largest absolute Gasteiger partial charge is 0.329 e. The molecule has 0 aliphatic carbocycles. The van der Waals surface area contributed by atoms with Gasteiger partial charge in [0, 0.05) is 16.2 Å². The van der Waals surface area contributed by atoms with Crippen LogP contribution in [0.3, 0.4) is 0 Å². The zero-order valence-electron chi connectivity index (χ0n) is 8.18. The van der Waals surface area contributed by atoms with E-state index in [9.17, 15) is 4.39 Å². The smallest absolute Gasteiger partial charge is 0.141 e. The topological polar surface area (TPSA) is 26.0 Å². The van der Waals surface area contributed by atoms with Crippen molar-refractivity contribution in [3.8, 4) is 0 Å². The number of hydrogen-bond donors (Lipinski definition) is 1. The third-order valence-electron chi connectivity index (χ3n) is 1.78. The Morgan fingerprint density at radius 1 is 1.50 bits per heavy atom. The normalized spacial score (nSPS) is 11.8. The fourth-order valence-electron chi connectivity index (χ4n) is 0.901. The third-order valence-corrected chi connectivity index (χ3v) is 3.28. The molecule has 1 nitrogen and oxygen atoms in total. The first-order chi connectivity index (χ1) is 6.44. The van der Waals surface area contributed by atoms with E-state index in [-0.39, 0.29) is 15.6 Å². The van der Waals surface area contributed by atoms with E-state index in [2.05, 4.69) is 0 Å². The lowest BCUT2D eigenvalue weighted by Gasteiger charge is -2.21. The lowest BCUT2D eigenvalue weighted by Crippen LogP contribution is -2.26. The van der Waals surface area contributed by atoms with Gasteiger partial charge in [-0.25, -0.2) is 4.39 Å². The fraction of sp³-hybridized carbons (Fsp3) is 0.400.